The minimum Gasteiger partial charge on any atom is -0.490 e. The molecule has 0 radical (unpaired) electrons. The summed E-state index contributed by atoms with van der Waals surface area (Å²) in [5, 5.41) is 11.0. The molecule has 1 aromatic carbocycles. The number of nitro benzene ring substituents is 1. The molecule has 114 valence electrons. The minimum absolute atomic E-state index is 0.00886. The molecule has 0 bridgehead atoms. The highest BCUT2D eigenvalue weighted by atomic mass is 16.6. The van der Waals surface area contributed by atoms with Gasteiger partial charge in [0.25, 0.3) is 0 Å². The van der Waals surface area contributed by atoms with Crippen LogP contribution >= 0.6 is 0 Å². The molecule has 1 heterocycles. The predicted octanol–water partition coefficient (Wildman–Crippen LogP) is 2.17. The zero-order valence-corrected chi connectivity index (χ0v) is 12.2. The van der Waals surface area contributed by atoms with Gasteiger partial charge < -0.3 is 15.4 Å². The van der Waals surface area contributed by atoms with Crippen LogP contribution in [0.4, 0.5) is 11.4 Å². The molecular weight excluding hydrogens is 270 g/mol. The van der Waals surface area contributed by atoms with Crippen LogP contribution in [0.3, 0.4) is 0 Å². The van der Waals surface area contributed by atoms with Gasteiger partial charge in [0.05, 0.1) is 12.0 Å². The lowest BCUT2D eigenvalue weighted by Gasteiger charge is -2.29. The Morgan fingerprint density at radius 2 is 2.19 bits per heavy atom. The SMILES string of the molecule is COc1cc(N2CC3CCCC(N)C3C2)ccc1[N+](=O)[O-]. The summed E-state index contributed by atoms with van der Waals surface area (Å²) in [4.78, 5) is 12.8. The number of methoxy groups -OCH3 is 1. The fourth-order valence-corrected chi connectivity index (χ4v) is 3.74. The van der Waals surface area contributed by atoms with Gasteiger partial charge in [0.15, 0.2) is 5.75 Å². The van der Waals surface area contributed by atoms with Gasteiger partial charge in [-0.2, -0.15) is 0 Å². The fraction of sp³-hybridized carbons (Fsp3) is 0.600. The van der Waals surface area contributed by atoms with E-state index in [4.69, 9.17) is 10.5 Å². The van der Waals surface area contributed by atoms with Crippen molar-refractivity contribution in [1.29, 1.82) is 0 Å². The number of hydrogen-bond donors (Lipinski definition) is 1. The number of nitrogens with two attached hydrogens (primary N) is 1. The van der Waals surface area contributed by atoms with Crippen molar-refractivity contribution in [2.75, 3.05) is 25.1 Å². The highest BCUT2D eigenvalue weighted by molar-refractivity contribution is 5.59. The van der Waals surface area contributed by atoms with Crippen molar-refractivity contribution < 1.29 is 9.66 Å². The van der Waals surface area contributed by atoms with E-state index in [2.05, 4.69) is 4.90 Å². The average Bonchev–Trinajstić information content (AvgIpc) is 2.92. The first-order valence-electron chi connectivity index (χ1n) is 7.43. The van der Waals surface area contributed by atoms with Crippen LogP contribution in [0, 0.1) is 22.0 Å². The third-order valence-electron chi connectivity index (χ3n) is 4.88. The molecule has 2 N–H and O–H groups in total. The average molecular weight is 291 g/mol. The van der Waals surface area contributed by atoms with Gasteiger partial charge in [-0.25, -0.2) is 0 Å². The summed E-state index contributed by atoms with van der Waals surface area (Å²) in [5.74, 6) is 1.51. The molecular formula is C15H21N3O3. The second kappa shape index (κ2) is 5.52. The predicted molar refractivity (Wildman–Crippen MR) is 80.7 cm³/mol. The Bertz CT molecular complexity index is 549. The number of rotatable bonds is 3. The number of ether oxygens (including phenoxy) is 1. The number of anilines is 1. The van der Waals surface area contributed by atoms with Crippen molar-refractivity contribution in [3.8, 4) is 5.75 Å². The number of fused-ring (bicyclic) bond motifs is 1. The highest BCUT2D eigenvalue weighted by Gasteiger charge is 2.39. The van der Waals surface area contributed by atoms with Gasteiger partial charge in [0, 0.05) is 37.0 Å². The van der Waals surface area contributed by atoms with Crippen molar-refractivity contribution in [3.05, 3.63) is 28.3 Å². The van der Waals surface area contributed by atoms with Crippen LogP contribution in [0.25, 0.3) is 0 Å². The molecule has 0 aromatic heterocycles. The Hall–Kier alpha value is -1.82. The lowest BCUT2D eigenvalue weighted by molar-refractivity contribution is -0.385. The van der Waals surface area contributed by atoms with E-state index >= 15 is 0 Å². The third-order valence-corrected chi connectivity index (χ3v) is 4.88. The first-order valence-corrected chi connectivity index (χ1v) is 7.43. The topological polar surface area (TPSA) is 81.6 Å². The Morgan fingerprint density at radius 1 is 1.38 bits per heavy atom. The Labute approximate surface area is 124 Å². The molecule has 1 aromatic rings. The van der Waals surface area contributed by atoms with Crippen LogP contribution in [0.1, 0.15) is 19.3 Å². The molecule has 3 rings (SSSR count). The zero-order chi connectivity index (χ0) is 15.0. The first kappa shape index (κ1) is 14.1. The van der Waals surface area contributed by atoms with Gasteiger partial charge in [-0.3, -0.25) is 10.1 Å². The lowest BCUT2D eigenvalue weighted by Crippen LogP contribution is -2.38. The largest absolute Gasteiger partial charge is 0.490 e. The quantitative estimate of drug-likeness (QED) is 0.681. The smallest absolute Gasteiger partial charge is 0.311 e. The Morgan fingerprint density at radius 3 is 2.86 bits per heavy atom. The molecule has 2 fully saturated rings. The molecule has 0 amide bonds. The summed E-state index contributed by atoms with van der Waals surface area (Å²) in [7, 11) is 1.46. The maximum absolute atomic E-state index is 11.0. The van der Waals surface area contributed by atoms with Crippen LogP contribution in [0.2, 0.25) is 0 Å². The maximum atomic E-state index is 11.0. The van der Waals surface area contributed by atoms with E-state index in [9.17, 15) is 10.1 Å². The van der Waals surface area contributed by atoms with Crippen molar-refractivity contribution in [3.63, 3.8) is 0 Å². The normalized spacial score (nSPS) is 28.3. The van der Waals surface area contributed by atoms with Crippen LogP contribution in [0.15, 0.2) is 18.2 Å². The summed E-state index contributed by atoms with van der Waals surface area (Å²) in [6.07, 6.45) is 3.55. The van der Waals surface area contributed by atoms with Crippen LogP contribution in [-0.4, -0.2) is 31.2 Å². The fourth-order valence-electron chi connectivity index (χ4n) is 3.74. The molecule has 1 aliphatic carbocycles. The molecule has 1 aliphatic heterocycles. The van der Waals surface area contributed by atoms with Gasteiger partial charge >= 0.3 is 5.69 Å². The minimum atomic E-state index is -0.414. The molecule has 1 saturated heterocycles. The summed E-state index contributed by atoms with van der Waals surface area (Å²) < 4.78 is 5.15. The van der Waals surface area contributed by atoms with E-state index in [1.54, 1.807) is 6.07 Å². The van der Waals surface area contributed by atoms with Crippen molar-refractivity contribution in [2.24, 2.45) is 17.6 Å². The second-order valence-electron chi connectivity index (χ2n) is 6.04. The molecule has 3 atom stereocenters. The molecule has 6 nitrogen and oxygen atoms in total. The number of nitro groups is 1. The van der Waals surface area contributed by atoms with Crippen molar-refractivity contribution in [1.82, 2.24) is 0 Å². The third kappa shape index (κ3) is 2.55. The van der Waals surface area contributed by atoms with Gasteiger partial charge in [0.2, 0.25) is 0 Å². The highest BCUT2D eigenvalue weighted by Crippen LogP contribution is 2.39. The summed E-state index contributed by atoms with van der Waals surface area (Å²) in [6.45, 7) is 1.92. The number of nitrogens with zero attached hydrogens (tertiary/aromatic N) is 2. The summed E-state index contributed by atoms with van der Waals surface area (Å²) in [5.41, 5.74) is 7.23. The summed E-state index contributed by atoms with van der Waals surface area (Å²) >= 11 is 0. The van der Waals surface area contributed by atoms with Crippen LogP contribution in [0.5, 0.6) is 5.75 Å². The van der Waals surface area contributed by atoms with E-state index in [-0.39, 0.29) is 11.7 Å². The maximum Gasteiger partial charge on any atom is 0.311 e. The first-order chi connectivity index (χ1) is 10.1. The number of hydrogen-bond acceptors (Lipinski definition) is 5. The molecule has 1 saturated carbocycles. The van der Waals surface area contributed by atoms with Gasteiger partial charge in [0.1, 0.15) is 0 Å². The van der Waals surface area contributed by atoms with E-state index in [1.807, 2.05) is 6.07 Å². The molecule has 6 heteroatoms. The van der Waals surface area contributed by atoms with Gasteiger partial charge in [-0.1, -0.05) is 6.42 Å². The van der Waals surface area contributed by atoms with E-state index in [1.165, 1.54) is 26.0 Å². The molecule has 21 heavy (non-hydrogen) atoms. The second-order valence-corrected chi connectivity index (χ2v) is 6.04. The van der Waals surface area contributed by atoms with E-state index in [0.29, 0.717) is 17.6 Å². The monoisotopic (exact) mass is 291 g/mol. The molecule has 0 spiro atoms. The Balaban J connectivity index is 1.83. The molecule has 3 unspecified atom stereocenters. The lowest BCUT2D eigenvalue weighted by atomic mass is 9.78. The van der Waals surface area contributed by atoms with Crippen molar-refractivity contribution >= 4 is 11.4 Å². The van der Waals surface area contributed by atoms with Crippen LogP contribution < -0.4 is 15.4 Å². The molecule has 2 aliphatic rings. The van der Waals surface area contributed by atoms with Crippen molar-refractivity contribution in [2.45, 2.75) is 25.3 Å². The van der Waals surface area contributed by atoms with E-state index in [0.717, 1.165) is 25.2 Å². The van der Waals surface area contributed by atoms with Gasteiger partial charge in [-0.15, -0.1) is 0 Å². The van der Waals surface area contributed by atoms with Gasteiger partial charge in [-0.05, 0) is 30.7 Å². The summed E-state index contributed by atoms with van der Waals surface area (Å²) in [6, 6.07) is 5.38. The Kier molecular flexibility index (Phi) is 3.71. The van der Waals surface area contributed by atoms with Crippen LogP contribution in [-0.2, 0) is 0 Å². The standard InChI is InChI=1S/C15H21N3O3/c1-21-15-7-11(5-6-14(15)18(19)20)17-8-10-3-2-4-13(16)12(10)9-17/h5-7,10,12-13H,2-4,8-9,16H2,1H3. The van der Waals surface area contributed by atoms with E-state index < -0.39 is 4.92 Å². The zero-order valence-electron chi connectivity index (χ0n) is 12.2. The number of benzene rings is 1.